The van der Waals surface area contributed by atoms with Crippen LogP contribution in [0.1, 0.15) is 10.4 Å². The summed E-state index contributed by atoms with van der Waals surface area (Å²) in [5.41, 5.74) is 3.03. The van der Waals surface area contributed by atoms with Gasteiger partial charge in [-0.25, -0.2) is 8.97 Å². The minimum atomic E-state index is -0.213. The van der Waals surface area contributed by atoms with Crippen molar-refractivity contribution in [1.29, 1.82) is 0 Å². The van der Waals surface area contributed by atoms with Crippen LogP contribution in [0, 0.1) is 0 Å². The second-order valence-corrected chi connectivity index (χ2v) is 6.43. The molecular weight excluding hydrogens is 350 g/mol. The molecule has 4 aromatic heterocycles. The van der Waals surface area contributed by atoms with Crippen LogP contribution < -0.4 is 9.88 Å². The van der Waals surface area contributed by atoms with Crippen LogP contribution in [0.25, 0.3) is 22.0 Å². The molecule has 0 unspecified atom stereocenters. The van der Waals surface area contributed by atoms with Gasteiger partial charge in [-0.2, -0.15) is 0 Å². The average Bonchev–Trinajstić information content (AvgIpc) is 3.18. The fraction of sp³-hybridized carbons (Fsp3) is 0. The molecule has 0 aliphatic heterocycles. The number of hydrogen-bond acceptors (Lipinski definition) is 3. The first-order chi connectivity index (χ1) is 13.8. The molecule has 0 spiro atoms. The monoisotopic (exact) mass is 366 g/mol. The summed E-state index contributed by atoms with van der Waals surface area (Å²) in [6.45, 7) is 0. The normalized spacial score (nSPS) is 11.0. The van der Waals surface area contributed by atoms with Gasteiger partial charge in [-0.1, -0.05) is 18.2 Å². The summed E-state index contributed by atoms with van der Waals surface area (Å²) < 4.78 is 3.93. The van der Waals surface area contributed by atoms with Gasteiger partial charge < -0.3 is 5.32 Å². The number of imidazole rings is 1. The highest BCUT2D eigenvalue weighted by Gasteiger charge is 2.19. The number of hydrogen-bond donors (Lipinski definition) is 1. The molecule has 6 nitrogen and oxygen atoms in total. The second kappa shape index (κ2) is 6.59. The van der Waals surface area contributed by atoms with Crippen molar-refractivity contribution in [3.05, 3.63) is 97.6 Å². The molecule has 6 heteroatoms. The van der Waals surface area contributed by atoms with Crippen LogP contribution in [0.4, 0.5) is 5.69 Å². The molecule has 28 heavy (non-hydrogen) atoms. The van der Waals surface area contributed by atoms with Crippen LogP contribution in [-0.2, 0) is 0 Å². The number of anilines is 1. The van der Waals surface area contributed by atoms with Crippen LogP contribution in [0.3, 0.4) is 0 Å². The van der Waals surface area contributed by atoms with Crippen molar-refractivity contribution < 1.29 is 9.36 Å². The molecule has 0 atom stereocenters. The van der Waals surface area contributed by atoms with Gasteiger partial charge in [-0.3, -0.25) is 14.8 Å². The fourth-order valence-corrected chi connectivity index (χ4v) is 3.33. The lowest BCUT2D eigenvalue weighted by atomic mass is 10.1. The smallest absolute Gasteiger partial charge is 0.261 e. The lowest BCUT2D eigenvalue weighted by Crippen LogP contribution is -2.31. The number of carbonyl (C=O) groups is 1. The number of nitrogens with one attached hydrogen (secondary N) is 1. The van der Waals surface area contributed by atoms with Gasteiger partial charge in [0, 0.05) is 47.3 Å². The van der Waals surface area contributed by atoms with Gasteiger partial charge >= 0.3 is 0 Å². The van der Waals surface area contributed by atoms with Crippen LogP contribution in [0.5, 0.6) is 0 Å². The predicted octanol–water partition coefficient (Wildman–Crippen LogP) is 3.41. The number of pyridine rings is 3. The molecule has 0 bridgehead atoms. The summed E-state index contributed by atoms with van der Waals surface area (Å²) in [7, 11) is 0. The molecule has 0 aliphatic carbocycles. The second-order valence-electron chi connectivity index (χ2n) is 6.43. The SMILES string of the molecule is O=C(Nc1cccc2cnccc12)c1cnccc1-[n+]1cc2ccccn2c1. The molecule has 0 fully saturated rings. The molecule has 1 N–H and O–H groups in total. The van der Waals surface area contributed by atoms with E-state index in [0.29, 0.717) is 5.56 Å². The zero-order valence-electron chi connectivity index (χ0n) is 14.9. The maximum absolute atomic E-state index is 13.1. The van der Waals surface area contributed by atoms with E-state index in [4.69, 9.17) is 0 Å². The Morgan fingerprint density at radius 2 is 1.86 bits per heavy atom. The summed E-state index contributed by atoms with van der Waals surface area (Å²) in [6, 6.07) is 15.4. The topological polar surface area (TPSA) is 63.2 Å². The summed E-state index contributed by atoms with van der Waals surface area (Å²) in [5, 5.41) is 4.93. The maximum atomic E-state index is 13.1. The largest absolute Gasteiger partial charge is 0.321 e. The van der Waals surface area contributed by atoms with Crippen LogP contribution in [-0.4, -0.2) is 20.3 Å². The average molecular weight is 366 g/mol. The van der Waals surface area contributed by atoms with Gasteiger partial charge in [0.2, 0.25) is 0 Å². The number of nitrogens with zero attached hydrogens (tertiary/aromatic N) is 4. The number of carbonyl (C=O) groups excluding carboxylic acids is 1. The van der Waals surface area contributed by atoms with E-state index in [1.54, 1.807) is 24.8 Å². The van der Waals surface area contributed by atoms with Crippen molar-refractivity contribution in [1.82, 2.24) is 14.4 Å². The Bertz CT molecular complexity index is 1290. The Labute approximate surface area is 160 Å². The van der Waals surface area contributed by atoms with E-state index in [9.17, 15) is 4.79 Å². The number of rotatable bonds is 3. The van der Waals surface area contributed by atoms with Crippen molar-refractivity contribution in [3.8, 4) is 5.69 Å². The van der Waals surface area contributed by atoms with Crippen LogP contribution in [0.2, 0.25) is 0 Å². The van der Waals surface area contributed by atoms with Crippen molar-refractivity contribution >= 4 is 27.9 Å². The minimum Gasteiger partial charge on any atom is -0.321 e. The molecule has 1 amide bonds. The Morgan fingerprint density at radius 3 is 2.79 bits per heavy atom. The Hall–Kier alpha value is -4.06. The van der Waals surface area contributed by atoms with Crippen LogP contribution >= 0.6 is 0 Å². The predicted molar refractivity (Wildman–Crippen MR) is 106 cm³/mol. The molecular formula is C22H16N5O+. The maximum Gasteiger partial charge on any atom is 0.261 e. The highest BCUT2D eigenvalue weighted by atomic mass is 16.1. The summed E-state index contributed by atoms with van der Waals surface area (Å²) in [5.74, 6) is -0.213. The fourth-order valence-electron chi connectivity index (χ4n) is 3.33. The Balaban J connectivity index is 1.55. The van der Waals surface area contributed by atoms with E-state index >= 15 is 0 Å². The third-order valence-electron chi connectivity index (χ3n) is 4.69. The Morgan fingerprint density at radius 1 is 0.964 bits per heavy atom. The van der Waals surface area contributed by atoms with E-state index in [2.05, 4.69) is 15.3 Å². The van der Waals surface area contributed by atoms with Crippen LogP contribution in [0.15, 0.2) is 92.0 Å². The molecule has 5 rings (SSSR count). The first-order valence-corrected chi connectivity index (χ1v) is 8.86. The van der Waals surface area contributed by atoms with Gasteiger partial charge in [0.15, 0.2) is 5.52 Å². The Kier molecular flexibility index (Phi) is 3.80. The highest BCUT2D eigenvalue weighted by molar-refractivity contribution is 6.10. The quantitative estimate of drug-likeness (QED) is 0.498. The molecule has 134 valence electrons. The van der Waals surface area contributed by atoms with Crippen molar-refractivity contribution in [2.75, 3.05) is 5.32 Å². The van der Waals surface area contributed by atoms with E-state index in [1.807, 2.05) is 76.2 Å². The van der Waals surface area contributed by atoms with Gasteiger partial charge in [-0.05, 0) is 24.3 Å². The molecule has 0 saturated carbocycles. The molecule has 5 aromatic rings. The zero-order valence-corrected chi connectivity index (χ0v) is 14.9. The molecule has 4 heterocycles. The third kappa shape index (κ3) is 2.77. The number of fused-ring (bicyclic) bond motifs is 2. The lowest BCUT2D eigenvalue weighted by Gasteiger charge is -2.09. The molecule has 0 saturated heterocycles. The van der Waals surface area contributed by atoms with E-state index in [0.717, 1.165) is 27.7 Å². The summed E-state index contributed by atoms with van der Waals surface area (Å²) >= 11 is 0. The highest BCUT2D eigenvalue weighted by Crippen LogP contribution is 2.23. The lowest BCUT2D eigenvalue weighted by molar-refractivity contribution is -0.594. The van der Waals surface area contributed by atoms with E-state index < -0.39 is 0 Å². The number of benzene rings is 1. The number of amides is 1. The first kappa shape index (κ1) is 16.1. The standard InChI is InChI=1S/C22H15N5O/c28-22(25-20-6-3-4-16-12-23-9-7-18(16)20)19-13-24-10-8-21(19)27-14-17-5-1-2-11-26(17)15-27/h1-15H/p+1. The van der Waals surface area contributed by atoms with Gasteiger partial charge in [0.25, 0.3) is 12.2 Å². The molecule has 0 aliphatic rings. The van der Waals surface area contributed by atoms with Gasteiger partial charge in [-0.15, -0.1) is 0 Å². The molecule has 0 radical (unpaired) electrons. The summed E-state index contributed by atoms with van der Waals surface area (Å²) in [6.07, 6.45) is 12.7. The third-order valence-corrected chi connectivity index (χ3v) is 4.69. The van der Waals surface area contributed by atoms with E-state index in [1.165, 1.54) is 0 Å². The minimum absolute atomic E-state index is 0.213. The summed E-state index contributed by atoms with van der Waals surface area (Å²) in [4.78, 5) is 21.4. The molecule has 1 aromatic carbocycles. The zero-order chi connectivity index (χ0) is 18.9. The van der Waals surface area contributed by atoms with Crippen molar-refractivity contribution in [2.45, 2.75) is 0 Å². The van der Waals surface area contributed by atoms with Crippen molar-refractivity contribution in [3.63, 3.8) is 0 Å². The van der Waals surface area contributed by atoms with Crippen molar-refractivity contribution in [2.24, 2.45) is 0 Å². The van der Waals surface area contributed by atoms with Gasteiger partial charge in [0.1, 0.15) is 17.4 Å². The number of aromatic nitrogens is 4. The van der Waals surface area contributed by atoms with Gasteiger partial charge in [0.05, 0.1) is 6.20 Å². The first-order valence-electron chi connectivity index (χ1n) is 8.86. The van der Waals surface area contributed by atoms with E-state index in [-0.39, 0.29) is 5.91 Å².